The van der Waals surface area contributed by atoms with E-state index in [1.165, 1.54) is 0 Å². The molecule has 2 amide bonds. The minimum absolute atomic E-state index is 0.0320. The molecule has 18 heavy (non-hydrogen) atoms. The second-order valence-corrected chi connectivity index (χ2v) is 4.33. The Hall–Kier alpha value is -1.85. The van der Waals surface area contributed by atoms with E-state index in [0.29, 0.717) is 6.54 Å². The molecule has 1 fully saturated rings. The molecule has 98 valence electrons. The van der Waals surface area contributed by atoms with Crippen LogP contribution in [0.2, 0.25) is 0 Å². The number of nitrogens with zero attached hydrogens (tertiary/aromatic N) is 4. The van der Waals surface area contributed by atoms with E-state index in [1.54, 1.807) is 17.4 Å². The zero-order chi connectivity index (χ0) is 12.8. The average Bonchev–Trinajstić information content (AvgIpc) is 2.98. The van der Waals surface area contributed by atoms with Gasteiger partial charge in [-0.05, 0) is 12.8 Å². The van der Waals surface area contributed by atoms with Crippen LogP contribution in [0.15, 0.2) is 23.7 Å². The third kappa shape index (κ3) is 3.32. The summed E-state index contributed by atoms with van der Waals surface area (Å²) in [5.74, 6) is 0.796. The smallest absolute Gasteiger partial charge is 0.323 e. The van der Waals surface area contributed by atoms with Gasteiger partial charge in [-0.3, -0.25) is 10.3 Å². The molecule has 1 aromatic rings. The standard InChI is InChI=1S/C12H19N5O/c1-2-4-14-11-9-17(12(18)15-11)7-3-6-16-8-5-13-10-16/h5,8,10H,2-4,6-7,9H2,1H3,(H,14,15,18). The van der Waals surface area contributed by atoms with Gasteiger partial charge >= 0.3 is 6.03 Å². The van der Waals surface area contributed by atoms with Crippen LogP contribution >= 0.6 is 0 Å². The number of amides is 2. The minimum atomic E-state index is -0.0320. The first-order chi connectivity index (χ1) is 8.79. The van der Waals surface area contributed by atoms with Crippen molar-refractivity contribution in [2.75, 3.05) is 19.6 Å². The second kappa shape index (κ2) is 6.18. The summed E-state index contributed by atoms with van der Waals surface area (Å²) in [6.07, 6.45) is 7.40. The Morgan fingerprint density at radius 1 is 1.50 bits per heavy atom. The van der Waals surface area contributed by atoms with Gasteiger partial charge in [-0.2, -0.15) is 0 Å². The quantitative estimate of drug-likeness (QED) is 0.820. The Bertz CT molecular complexity index is 412. The van der Waals surface area contributed by atoms with Crippen LogP contribution in [0.5, 0.6) is 0 Å². The Labute approximate surface area is 107 Å². The van der Waals surface area contributed by atoms with Gasteiger partial charge in [-0.1, -0.05) is 6.92 Å². The number of amidine groups is 1. The second-order valence-electron chi connectivity index (χ2n) is 4.33. The van der Waals surface area contributed by atoms with E-state index in [0.717, 1.165) is 38.3 Å². The predicted octanol–water partition coefficient (Wildman–Crippen LogP) is 1.11. The molecule has 0 atom stereocenters. The van der Waals surface area contributed by atoms with Gasteiger partial charge in [0.05, 0.1) is 12.9 Å². The molecule has 0 aliphatic carbocycles. The number of hydrogen-bond acceptors (Lipinski definition) is 3. The van der Waals surface area contributed by atoms with Crippen molar-refractivity contribution in [2.24, 2.45) is 4.99 Å². The number of urea groups is 1. The van der Waals surface area contributed by atoms with E-state index in [4.69, 9.17) is 0 Å². The fourth-order valence-electron chi connectivity index (χ4n) is 1.87. The molecule has 2 heterocycles. The molecular formula is C12H19N5O. The maximum Gasteiger partial charge on any atom is 0.323 e. The summed E-state index contributed by atoms with van der Waals surface area (Å²) >= 11 is 0. The van der Waals surface area contributed by atoms with Gasteiger partial charge in [-0.15, -0.1) is 0 Å². The molecule has 6 heteroatoms. The van der Waals surface area contributed by atoms with Crippen LogP contribution in [0.25, 0.3) is 0 Å². The first kappa shape index (κ1) is 12.6. The summed E-state index contributed by atoms with van der Waals surface area (Å²) in [4.78, 5) is 21.8. The van der Waals surface area contributed by atoms with Crippen LogP contribution in [0, 0.1) is 0 Å². The lowest BCUT2D eigenvalue weighted by Crippen LogP contribution is -2.29. The Morgan fingerprint density at radius 3 is 3.11 bits per heavy atom. The number of carbonyl (C=O) groups is 1. The van der Waals surface area contributed by atoms with Crippen molar-refractivity contribution in [2.45, 2.75) is 26.3 Å². The summed E-state index contributed by atoms with van der Waals surface area (Å²) in [6, 6.07) is -0.0320. The number of aromatic nitrogens is 2. The largest absolute Gasteiger partial charge is 0.337 e. The Kier molecular flexibility index (Phi) is 4.33. The number of rotatable bonds is 6. The number of nitrogens with one attached hydrogen (secondary N) is 1. The highest BCUT2D eigenvalue weighted by Crippen LogP contribution is 2.02. The molecule has 2 rings (SSSR count). The maximum absolute atomic E-state index is 11.7. The molecule has 1 saturated heterocycles. The summed E-state index contributed by atoms with van der Waals surface area (Å²) in [7, 11) is 0. The van der Waals surface area contributed by atoms with Crippen molar-refractivity contribution in [1.82, 2.24) is 19.8 Å². The molecule has 1 aliphatic heterocycles. The Balaban J connectivity index is 1.75. The van der Waals surface area contributed by atoms with Gasteiger partial charge in [0, 0.05) is 32.0 Å². The van der Waals surface area contributed by atoms with Crippen molar-refractivity contribution in [3.8, 4) is 0 Å². The number of imidazole rings is 1. The zero-order valence-corrected chi connectivity index (χ0v) is 10.7. The van der Waals surface area contributed by atoms with E-state index in [9.17, 15) is 4.79 Å². The van der Waals surface area contributed by atoms with Crippen molar-refractivity contribution < 1.29 is 4.79 Å². The molecule has 1 aliphatic rings. The fourth-order valence-corrected chi connectivity index (χ4v) is 1.87. The number of aliphatic imine (C=N–C) groups is 1. The van der Waals surface area contributed by atoms with Crippen LogP contribution in [-0.2, 0) is 6.54 Å². The number of carbonyl (C=O) groups excluding carboxylic acids is 1. The summed E-state index contributed by atoms with van der Waals surface area (Å²) in [5, 5.41) is 2.80. The number of hydrogen-bond donors (Lipinski definition) is 1. The number of aryl methyl sites for hydroxylation is 1. The van der Waals surface area contributed by atoms with Crippen LogP contribution in [-0.4, -0.2) is 46.0 Å². The third-order valence-corrected chi connectivity index (χ3v) is 2.81. The monoisotopic (exact) mass is 249 g/mol. The van der Waals surface area contributed by atoms with E-state index < -0.39 is 0 Å². The lowest BCUT2D eigenvalue weighted by atomic mass is 10.4. The molecule has 0 aromatic carbocycles. The van der Waals surface area contributed by atoms with Crippen molar-refractivity contribution in [1.29, 1.82) is 0 Å². The van der Waals surface area contributed by atoms with Crippen LogP contribution < -0.4 is 5.32 Å². The topological polar surface area (TPSA) is 62.5 Å². The first-order valence-electron chi connectivity index (χ1n) is 6.34. The molecule has 0 unspecified atom stereocenters. The van der Waals surface area contributed by atoms with Crippen molar-refractivity contribution in [3.63, 3.8) is 0 Å². The fraction of sp³-hybridized carbons (Fsp3) is 0.583. The van der Waals surface area contributed by atoms with Gasteiger partial charge in [0.1, 0.15) is 5.84 Å². The van der Waals surface area contributed by atoms with E-state index in [2.05, 4.69) is 22.2 Å². The zero-order valence-electron chi connectivity index (χ0n) is 10.7. The Morgan fingerprint density at radius 2 is 2.39 bits per heavy atom. The molecule has 1 N–H and O–H groups in total. The van der Waals surface area contributed by atoms with Crippen LogP contribution in [0.3, 0.4) is 0 Å². The van der Waals surface area contributed by atoms with Crippen LogP contribution in [0.1, 0.15) is 19.8 Å². The van der Waals surface area contributed by atoms with E-state index in [1.807, 2.05) is 10.8 Å². The molecule has 6 nitrogen and oxygen atoms in total. The normalized spacial score (nSPS) is 17.5. The summed E-state index contributed by atoms with van der Waals surface area (Å²) < 4.78 is 2.01. The van der Waals surface area contributed by atoms with Gasteiger partial charge in [-0.25, -0.2) is 9.78 Å². The molecule has 1 aromatic heterocycles. The molecule has 0 saturated carbocycles. The highest BCUT2D eigenvalue weighted by atomic mass is 16.2. The minimum Gasteiger partial charge on any atom is -0.337 e. The lowest BCUT2D eigenvalue weighted by molar-refractivity contribution is 0.216. The van der Waals surface area contributed by atoms with E-state index >= 15 is 0 Å². The highest BCUT2D eigenvalue weighted by Gasteiger charge is 2.24. The average molecular weight is 249 g/mol. The predicted molar refractivity (Wildman–Crippen MR) is 69.5 cm³/mol. The highest BCUT2D eigenvalue weighted by molar-refractivity contribution is 6.04. The van der Waals surface area contributed by atoms with Crippen molar-refractivity contribution >= 4 is 11.9 Å². The lowest BCUT2D eigenvalue weighted by Gasteiger charge is -2.12. The maximum atomic E-state index is 11.7. The van der Waals surface area contributed by atoms with Gasteiger partial charge in [0.15, 0.2) is 0 Å². The molecule has 0 radical (unpaired) electrons. The van der Waals surface area contributed by atoms with Gasteiger partial charge in [0.2, 0.25) is 0 Å². The molecular weight excluding hydrogens is 230 g/mol. The van der Waals surface area contributed by atoms with Crippen molar-refractivity contribution in [3.05, 3.63) is 18.7 Å². The summed E-state index contributed by atoms with van der Waals surface area (Å²) in [6.45, 7) is 5.09. The molecule has 0 spiro atoms. The van der Waals surface area contributed by atoms with Gasteiger partial charge < -0.3 is 9.47 Å². The molecule has 0 bridgehead atoms. The van der Waals surface area contributed by atoms with E-state index in [-0.39, 0.29) is 6.03 Å². The van der Waals surface area contributed by atoms with Gasteiger partial charge in [0.25, 0.3) is 0 Å². The first-order valence-corrected chi connectivity index (χ1v) is 6.34. The van der Waals surface area contributed by atoms with Crippen LogP contribution in [0.4, 0.5) is 4.79 Å². The summed E-state index contributed by atoms with van der Waals surface area (Å²) in [5.41, 5.74) is 0. The SMILES string of the molecule is CCCN=C1CN(CCCn2ccnc2)C(=O)N1. The third-order valence-electron chi connectivity index (χ3n) is 2.81.